The van der Waals surface area contributed by atoms with Gasteiger partial charge in [-0.15, -0.1) is 11.3 Å². The van der Waals surface area contributed by atoms with Gasteiger partial charge in [0, 0.05) is 5.41 Å². The van der Waals surface area contributed by atoms with Gasteiger partial charge in [-0.05, 0) is 11.4 Å². The van der Waals surface area contributed by atoms with Gasteiger partial charge in [-0.3, -0.25) is 9.59 Å². The molecule has 1 heterocycles. The van der Waals surface area contributed by atoms with Crippen LogP contribution < -0.4 is 10.1 Å². The molecule has 0 atom stereocenters. The number of rotatable bonds is 4. The van der Waals surface area contributed by atoms with Crippen molar-refractivity contribution in [3.63, 3.8) is 0 Å². The van der Waals surface area contributed by atoms with Crippen LogP contribution >= 0.6 is 11.3 Å². The number of carbonyl (C=O) groups is 2. The number of amides is 1. The summed E-state index contributed by atoms with van der Waals surface area (Å²) in [6.45, 7) is 5.52. The highest BCUT2D eigenvalue weighted by Gasteiger charge is 2.22. The molecule has 0 aromatic carbocycles. The molecule has 0 bridgehead atoms. The standard InChI is InChI=1S/C12H17NO3S/c1-12(2,3)9(14)7-13-11(15)10-8(16-4)5-6-17-10/h5-6H,7H2,1-4H3,(H,13,15). The van der Waals surface area contributed by atoms with Gasteiger partial charge in [0.25, 0.3) is 5.91 Å². The number of thiophene rings is 1. The molecule has 0 radical (unpaired) electrons. The second-order valence-electron chi connectivity index (χ2n) is 4.67. The van der Waals surface area contributed by atoms with Crippen LogP contribution in [-0.4, -0.2) is 25.3 Å². The van der Waals surface area contributed by atoms with E-state index in [0.29, 0.717) is 10.6 Å². The average molecular weight is 255 g/mol. The van der Waals surface area contributed by atoms with Crippen LogP contribution in [0.4, 0.5) is 0 Å². The van der Waals surface area contributed by atoms with E-state index in [1.807, 2.05) is 20.8 Å². The Morgan fingerprint density at radius 1 is 1.41 bits per heavy atom. The zero-order chi connectivity index (χ0) is 13.1. The van der Waals surface area contributed by atoms with Gasteiger partial charge in [-0.1, -0.05) is 20.8 Å². The third kappa shape index (κ3) is 3.56. The fourth-order valence-corrected chi connectivity index (χ4v) is 1.90. The number of carbonyl (C=O) groups excluding carboxylic acids is 2. The van der Waals surface area contributed by atoms with Crippen molar-refractivity contribution in [2.75, 3.05) is 13.7 Å². The van der Waals surface area contributed by atoms with Gasteiger partial charge in [0.2, 0.25) is 0 Å². The molecular formula is C12H17NO3S. The SMILES string of the molecule is COc1ccsc1C(=O)NCC(=O)C(C)(C)C. The molecule has 0 unspecified atom stereocenters. The summed E-state index contributed by atoms with van der Waals surface area (Å²) in [4.78, 5) is 23.9. The Kier molecular flexibility index (Phi) is 4.28. The molecule has 0 spiro atoms. The van der Waals surface area contributed by atoms with Gasteiger partial charge >= 0.3 is 0 Å². The fourth-order valence-electron chi connectivity index (χ4n) is 1.13. The maximum Gasteiger partial charge on any atom is 0.265 e. The topological polar surface area (TPSA) is 55.4 Å². The van der Waals surface area contributed by atoms with E-state index in [1.54, 1.807) is 11.4 Å². The smallest absolute Gasteiger partial charge is 0.265 e. The predicted molar refractivity (Wildman–Crippen MR) is 67.7 cm³/mol. The Balaban J connectivity index is 2.60. The molecule has 1 amide bonds. The Morgan fingerprint density at radius 3 is 2.59 bits per heavy atom. The van der Waals surface area contributed by atoms with Crippen molar-refractivity contribution in [1.29, 1.82) is 0 Å². The van der Waals surface area contributed by atoms with Crippen LogP contribution in [0.5, 0.6) is 5.75 Å². The van der Waals surface area contributed by atoms with Gasteiger partial charge < -0.3 is 10.1 Å². The summed E-state index contributed by atoms with van der Waals surface area (Å²) in [5.74, 6) is 0.270. The first-order valence-corrected chi connectivity index (χ1v) is 6.17. The minimum atomic E-state index is -0.438. The second-order valence-corrected chi connectivity index (χ2v) is 5.59. The summed E-state index contributed by atoms with van der Waals surface area (Å²) < 4.78 is 5.05. The number of ether oxygens (including phenoxy) is 1. The second kappa shape index (κ2) is 5.31. The van der Waals surface area contributed by atoms with Gasteiger partial charge in [0.1, 0.15) is 10.6 Å². The van der Waals surface area contributed by atoms with Crippen LogP contribution in [0.25, 0.3) is 0 Å². The molecular weight excluding hydrogens is 238 g/mol. The summed E-state index contributed by atoms with van der Waals surface area (Å²) >= 11 is 1.29. The number of Topliss-reactive ketones (excluding diaryl/α,β-unsaturated/α-hetero) is 1. The summed E-state index contributed by atoms with van der Waals surface area (Å²) in [7, 11) is 1.51. The molecule has 0 fully saturated rings. The first-order valence-electron chi connectivity index (χ1n) is 5.29. The Hall–Kier alpha value is -1.36. The number of hydrogen-bond acceptors (Lipinski definition) is 4. The number of ketones is 1. The largest absolute Gasteiger partial charge is 0.495 e. The van der Waals surface area contributed by atoms with Crippen LogP contribution in [0, 0.1) is 5.41 Å². The van der Waals surface area contributed by atoms with E-state index < -0.39 is 5.41 Å². The maximum atomic E-state index is 11.8. The quantitative estimate of drug-likeness (QED) is 0.896. The highest BCUT2D eigenvalue weighted by Crippen LogP contribution is 2.24. The summed E-state index contributed by atoms with van der Waals surface area (Å²) in [6.07, 6.45) is 0. The van der Waals surface area contributed by atoms with Crippen molar-refractivity contribution in [3.05, 3.63) is 16.3 Å². The third-order valence-electron chi connectivity index (χ3n) is 2.30. The molecule has 0 aliphatic rings. The van der Waals surface area contributed by atoms with E-state index in [1.165, 1.54) is 18.4 Å². The van der Waals surface area contributed by atoms with E-state index in [9.17, 15) is 9.59 Å². The first-order chi connectivity index (χ1) is 7.86. The van der Waals surface area contributed by atoms with Gasteiger partial charge in [-0.25, -0.2) is 0 Å². The Morgan fingerprint density at radius 2 is 2.06 bits per heavy atom. The van der Waals surface area contributed by atoms with Crippen LogP contribution in [0.1, 0.15) is 30.4 Å². The predicted octanol–water partition coefficient (Wildman–Crippen LogP) is 2.10. The van der Waals surface area contributed by atoms with Crippen LogP contribution in [0.15, 0.2) is 11.4 Å². The lowest BCUT2D eigenvalue weighted by Crippen LogP contribution is -2.35. The minimum Gasteiger partial charge on any atom is -0.495 e. The Labute approximate surface area is 105 Å². The summed E-state index contributed by atoms with van der Waals surface area (Å²) in [5, 5.41) is 4.39. The fraction of sp³-hybridized carbons (Fsp3) is 0.500. The molecule has 17 heavy (non-hydrogen) atoms. The van der Waals surface area contributed by atoms with Crippen LogP contribution in [0.3, 0.4) is 0 Å². The minimum absolute atomic E-state index is 0.00127. The lowest BCUT2D eigenvalue weighted by atomic mass is 9.91. The van der Waals surface area contributed by atoms with Crippen molar-refractivity contribution in [2.45, 2.75) is 20.8 Å². The van der Waals surface area contributed by atoms with E-state index in [0.717, 1.165) is 0 Å². The first kappa shape index (κ1) is 13.7. The average Bonchev–Trinajstić information content (AvgIpc) is 2.71. The van der Waals surface area contributed by atoms with Crippen LogP contribution in [-0.2, 0) is 4.79 Å². The van der Waals surface area contributed by atoms with Crippen molar-refractivity contribution in [2.24, 2.45) is 5.41 Å². The molecule has 1 aromatic rings. The number of methoxy groups -OCH3 is 1. The molecule has 0 aliphatic carbocycles. The van der Waals surface area contributed by atoms with Crippen molar-refractivity contribution in [3.8, 4) is 5.75 Å². The molecule has 0 aliphatic heterocycles. The van der Waals surface area contributed by atoms with E-state index >= 15 is 0 Å². The van der Waals surface area contributed by atoms with Crippen molar-refractivity contribution < 1.29 is 14.3 Å². The van der Waals surface area contributed by atoms with Crippen molar-refractivity contribution in [1.82, 2.24) is 5.32 Å². The zero-order valence-corrected chi connectivity index (χ0v) is 11.3. The van der Waals surface area contributed by atoms with E-state index in [-0.39, 0.29) is 18.2 Å². The van der Waals surface area contributed by atoms with Crippen LogP contribution in [0.2, 0.25) is 0 Å². The van der Waals surface area contributed by atoms with Gasteiger partial charge in [-0.2, -0.15) is 0 Å². The van der Waals surface area contributed by atoms with Crippen molar-refractivity contribution >= 4 is 23.0 Å². The molecule has 0 saturated carbocycles. The van der Waals surface area contributed by atoms with E-state index in [4.69, 9.17) is 4.74 Å². The van der Waals surface area contributed by atoms with E-state index in [2.05, 4.69) is 5.32 Å². The third-order valence-corrected chi connectivity index (χ3v) is 3.20. The molecule has 4 nitrogen and oxygen atoms in total. The lowest BCUT2D eigenvalue weighted by molar-refractivity contribution is -0.125. The highest BCUT2D eigenvalue weighted by molar-refractivity contribution is 7.12. The Bertz CT molecular complexity index is 418. The molecule has 1 aromatic heterocycles. The number of hydrogen-bond donors (Lipinski definition) is 1. The van der Waals surface area contributed by atoms with Gasteiger partial charge in [0.15, 0.2) is 5.78 Å². The molecule has 94 valence electrons. The molecule has 0 saturated heterocycles. The zero-order valence-electron chi connectivity index (χ0n) is 10.5. The molecule has 5 heteroatoms. The maximum absolute atomic E-state index is 11.8. The summed E-state index contributed by atoms with van der Waals surface area (Å²) in [6, 6.07) is 1.73. The number of nitrogens with one attached hydrogen (secondary N) is 1. The monoisotopic (exact) mass is 255 g/mol. The summed E-state index contributed by atoms with van der Waals surface area (Å²) in [5.41, 5.74) is -0.438. The highest BCUT2D eigenvalue weighted by atomic mass is 32.1. The van der Waals surface area contributed by atoms with Gasteiger partial charge in [0.05, 0.1) is 13.7 Å². The molecule has 1 N–H and O–H groups in total. The lowest BCUT2D eigenvalue weighted by Gasteiger charge is -2.16. The normalized spacial score (nSPS) is 11.1. The molecule has 1 rings (SSSR count).